The van der Waals surface area contributed by atoms with Gasteiger partial charge in [-0.05, 0) is 127 Å². The number of hydrogen-bond donors (Lipinski definition) is 1. The fourth-order valence-electron chi connectivity index (χ4n) is 9.21. The summed E-state index contributed by atoms with van der Waals surface area (Å²) in [6.07, 6.45) is 1.59. The Kier molecular flexibility index (Phi) is 9.81. The van der Waals surface area contributed by atoms with Crippen LogP contribution in [0.3, 0.4) is 0 Å². The van der Waals surface area contributed by atoms with E-state index in [1.807, 2.05) is 84.9 Å². The first-order valence-electron chi connectivity index (χ1n) is 30.7. The zero-order chi connectivity index (χ0) is 61.7. The molecule has 2 aromatic heterocycles. The fraction of sp³-hybridized carbons (Fsp3) is 0.262. The Balaban J connectivity index is 0.00000940. The first-order valence-corrected chi connectivity index (χ1v) is 23.2. The fourth-order valence-corrected chi connectivity index (χ4v) is 9.21. The van der Waals surface area contributed by atoms with Crippen LogP contribution in [0.15, 0.2) is 152 Å². The molecule has 9 rings (SSSR count). The smallest absolute Gasteiger partial charge is 0.148 e. The summed E-state index contributed by atoms with van der Waals surface area (Å²) in [4.78, 5) is 10.2. The van der Waals surface area contributed by atoms with Crippen molar-refractivity contribution in [3.8, 4) is 78.6 Å². The molecule has 0 bridgehead atoms. The monoisotopic (exact) mass is 1110 g/mol. The van der Waals surface area contributed by atoms with Crippen molar-refractivity contribution >= 4 is 11.0 Å². The Morgan fingerprint density at radius 2 is 1.29 bits per heavy atom. The van der Waals surface area contributed by atoms with Crippen LogP contribution in [0.2, 0.25) is 0 Å². The van der Waals surface area contributed by atoms with Gasteiger partial charge in [0.25, 0.3) is 0 Å². The number of phenolic OH excluding ortho intramolecular Hbond substituents is 1. The minimum Gasteiger partial charge on any atom is -0.507 e. The number of pyridine rings is 1. The van der Waals surface area contributed by atoms with Crippen LogP contribution in [0.1, 0.15) is 153 Å². The molecule has 70 heavy (non-hydrogen) atoms. The van der Waals surface area contributed by atoms with Gasteiger partial charge >= 0.3 is 0 Å². The van der Waals surface area contributed by atoms with Crippen molar-refractivity contribution < 1.29 is 46.7 Å². The van der Waals surface area contributed by atoms with Crippen LogP contribution in [-0.2, 0) is 26.5 Å². The summed E-state index contributed by atoms with van der Waals surface area (Å²) in [6.45, 7) is 1.44. The van der Waals surface area contributed by atoms with E-state index >= 15 is 0 Å². The van der Waals surface area contributed by atoms with Crippen molar-refractivity contribution in [3.05, 3.63) is 191 Å². The van der Waals surface area contributed by atoms with Crippen molar-refractivity contribution in [3.63, 3.8) is 0 Å². The maximum Gasteiger partial charge on any atom is 0.148 e. The van der Waals surface area contributed by atoms with E-state index in [-0.39, 0.29) is 66.5 Å². The summed E-state index contributed by atoms with van der Waals surface area (Å²) < 4.78 is 131. The number of hydrogen-bond acceptors (Lipinski definition) is 3. The number of benzene rings is 7. The van der Waals surface area contributed by atoms with Gasteiger partial charge in [-0.1, -0.05) is 196 Å². The average molecular weight is 1120 g/mol. The third kappa shape index (κ3) is 9.73. The topological polar surface area (TPSA) is 50.9 Å². The molecule has 0 saturated heterocycles. The van der Waals surface area contributed by atoms with Crippen LogP contribution < -0.4 is 0 Å². The molecule has 4 nitrogen and oxygen atoms in total. The van der Waals surface area contributed by atoms with Gasteiger partial charge in [-0.15, -0.1) is 23.8 Å². The Hall–Kier alpha value is -6.35. The number of aromatic hydroxyl groups is 1. The van der Waals surface area contributed by atoms with Gasteiger partial charge in [-0.3, -0.25) is 9.55 Å². The molecule has 0 atom stereocenters. The molecule has 0 amide bonds. The molecule has 0 aliphatic carbocycles. The molecule has 7 aromatic carbocycles. The molecule has 0 aliphatic heterocycles. The molecule has 358 valence electrons. The van der Waals surface area contributed by atoms with Crippen molar-refractivity contribution in [1.82, 2.24) is 14.5 Å². The predicted octanol–water partition coefficient (Wildman–Crippen LogP) is 18.0. The summed E-state index contributed by atoms with van der Waals surface area (Å²) in [5.74, 6) is -3.70. The van der Waals surface area contributed by atoms with E-state index in [9.17, 15) is 13.3 Å². The maximum absolute atomic E-state index is 12.5. The number of para-hydroxylation sites is 1. The molecule has 0 unspecified atom stereocenters. The van der Waals surface area contributed by atoms with Crippen LogP contribution in [0.5, 0.6) is 5.75 Å². The first kappa shape index (κ1) is 34.1. The van der Waals surface area contributed by atoms with Crippen LogP contribution >= 0.6 is 0 Å². The van der Waals surface area contributed by atoms with E-state index in [1.165, 1.54) is 24.3 Å². The zero-order valence-corrected chi connectivity index (χ0v) is 42.9. The summed E-state index contributed by atoms with van der Waals surface area (Å²) in [6, 6.07) is 46.1. The minimum absolute atomic E-state index is 0. The third-order valence-electron chi connectivity index (χ3n) is 12.9. The molecule has 0 spiro atoms. The molecule has 2 heterocycles. The summed E-state index contributed by atoms with van der Waals surface area (Å²) in [7, 11) is 0. The Morgan fingerprint density at radius 1 is 0.600 bits per heavy atom. The molecule has 0 fully saturated rings. The second-order valence-electron chi connectivity index (χ2n) is 18.8. The van der Waals surface area contributed by atoms with Gasteiger partial charge < -0.3 is 5.11 Å². The Labute approximate surface area is 452 Å². The van der Waals surface area contributed by atoms with Crippen LogP contribution in [0, 0.1) is 12.9 Å². The number of aromatic nitrogens is 3. The van der Waals surface area contributed by atoms with Gasteiger partial charge in [0.05, 0.1) is 22.3 Å². The summed E-state index contributed by atoms with van der Waals surface area (Å²) >= 11 is 0. The second kappa shape index (κ2) is 20.2. The molecule has 5 heteroatoms. The number of nitrogens with zero attached hydrogens (tertiary/aromatic N) is 3. The van der Waals surface area contributed by atoms with E-state index in [1.54, 1.807) is 88.7 Å². The molecule has 0 radical (unpaired) electrons. The minimum atomic E-state index is -3.43. The number of phenols is 1. The van der Waals surface area contributed by atoms with Crippen molar-refractivity contribution in [2.45, 2.75) is 112 Å². The molecule has 9 aromatic rings. The van der Waals surface area contributed by atoms with E-state index in [0.717, 1.165) is 27.8 Å². The van der Waals surface area contributed by atoms with E-state index in [4.69, 9.17) is 22.3 Å². The zero-order valence-electron chi connectivity index (χ0n) is 55.6. The van der Waals surface area contributed by atoms with Crippen LogP contribution in [0.25, 0.3) is 83.9 Å². The van der Waals surface area contributed by atoms with E-state index < -0.39 is 50.5 Å². The molecular formula is C65H66N3OPt-. The molecule has 1 N–H and O–H groups in total. The third-order valence-corrected chi connectivity index (χ3v) is 12.9. The molecule has 0 saturated carbocycles. The largest absolute Gasteiger partial charge is 0.507 e. The summed E-state index contributed by atoms with van der Waals surface area (Å²) in [5, 5.41) is 12.5. The number of fused-ring (bicyclic) bond motifs is 1. The van der Waals surface area contributed by atoms with Crippen molar-refractivity contribution in [2.75, 3.05) is 0 Å². The Bertz CT molecular complexity index is 3920. The van der Waals surface area contributed by atoms with Gasteiger partial charge in [-0.25, -0.2) is 4.98 Å². The van der Waals surface area contributed by atoms with Gasteiger partial charge in [0, 0.05) is 53.5 Å². The first-order chi connectivity index (χ1) is 38.8. The maximum atomic E-state index is 12.5. The SMILES string of the molecule is [2H]C([2H])([2H])c1cc(-c2c(C(C)C)cccc2C([2H])(C)C)ccc1-n1c(-c2cc(C([2H])(C)C)cc(C([2H])(C)C)c2O)nc2c(-c3[c-]c(-c4cc(-c5ccc(C(C([2H])([2H])[2H])(C([2H])([2H])[2H])C([2H])([2H])[2H])cc5)ccn4)cc(-c4ccccc4)c3)cccc21.[Pt]. The average Bonchev–Trinajstić information content (AvgIpc) is 1.43. The number of imidazole rings is 1. The van der Waals surface area contributed by atoms with Gasteiger partial charge in [0.15, 0.2) is 0 Å². The predicted molar refractivity (Wildman–Crippen MR) is 292 cm³/mol. The van der Waals surface area contributed by atoms with Crippen molar-refractivity contribution in [2.24, 2.45) is 0 Å². The van der Waals surface area contributed by atoms with E-state index in [0.29, 0.717) is 55.7 Å². The quantitative estimate of drug-likeness (QED) is 0.131. The normalized spacial score (nSPS) is 16.2. The van der Waals surface area contributed by atoms with Crippen molar-refractivity contribution in [1.29, 1.82) is 0 Å². The Morgan fingerprint density at radius 3 is 1.97 bits per heavy atom. The second-order valence-corrected chi connectivity index (χ2v) is 18.8. The molecule has 0 aliphatic rings. The van der Waals surface area contributed by atoms with E-state index in [2.05, 4.69) is 19.9 Å². The van der Waals surface area contributed by atoms with Gasteiger partial charge in [0.1, 0.15) is 11.6 Å². The standard InChI is InChI=1S/C65H66N3O.Pt/c1-39(2)48-36-56(42(7)8)63(69)57(37-48)64-67-62-55(22-17-23-60(62)68(64)59-29-26-47(32-43(59)9)61-53(40(3)4)20-16-21-54(61)41(5)6)50-33-49(44-18-14-13-15-19-44)34-51(35-50)58-38-46(30-31-66-58)45-24-27-52(28-25-45)65(10,11)12;/h13-34,36-42,69H,1-12H3;/q-1;/i9D3,10D3,11D3,12D3,39D,40D,42D;. The number of aryl methyl sites for hydroxylation is 1. The van der Waals surface area contributed by atoms with Gasteiger partial charge in [-0.2, -0.15) is 0 Å². The van der Waals surface area contributed by atoms with Crippen LogP contribution in [-0.4, -0.2) is 19.6 Å². The summed E-state index contributed by atoms with van der Waals surface area (Å²) in [5.41, 5.74) is 6.35. The molecular weight excluding hydrogens is 1030 g/mol. The van der Waals surface area contributed by atoms with Crippen LogP contribution in [0.4, 0.5) is 0 Å². The van der Waals surface area contributed by atoms with Gasteiger partial charge in [0.2, 0.25) is 0 Å². The number of rotatable bonds is 11.